The third-order valence-corrected chi connectivity index (χ3v) is 6.74. The summed E-state index contributed by atoms with van der Waals surface area (Å²) in [6.45, 7) is 6.19. The number of carbonyl (C=O) groups is 1. The molecule has 1 aromatic heterocycles. The minimum absolute atomic E-state index is 0.340. The fourth-order valence-electron chi connectivity index (χ4n) is 5.11. The van der Waals surface area contributed by atoms with Crippen molar-refractivity contribution in [3.63, 3.8) is 0 Å². The number of carbonyl (C=O) groups excluding carboxylic acids is 1. The fraction of sp³-hybridized carbons (Fsp3) is 0.583. The molecule has 2 fully saturated rings. The van der Waals surface area contributed by atoms with E-state index in [0.717, 1.165) is 62.1 Å². The maximum Gasteiger partial charge on any atom is 0.222 e. The number of hydrogen-bond acceptors (Lipinski definition) is 4. The van der Waals surface area contributed by atoms with Gasteiger partial charge in [-0.1, -0.05) is 19.1 Å². The monoisotopic (exact) mass is 395 g/mol. The Kier molecular flexibility index (Phi) is 6.04. The molecule has 0 bridgehead atoms. The van der Waals surface area contributed by atoms with Crippen LogP contribution >= 0.6 is 0 Å². The molecular weight excluding hydrogens is 362 g/mol. The summed E-state index contributed by atoms with van der Waals surface area (Å²) in [5.74, 6) is 2.54. The summed E-state index contributed by atoms with van der Waals surface area (Å²) in [7, 11) is 3.86. The minimum atomic E-state index is 0.340. The van der Waals surface area contributed by atoms with Crippen LogP contribution in [0.3, 0.4) is 0 Å². The van der Waals surface area contributed by atoms with E-state index < -0.39 is 0 Å². The molecule has 2 atom stereocenters. The Morgan fingerprint density at radius 3 is 2.76 bits per heavy atom. The van der Waals surface area contributed by atoms with Crippen molar-refractivity contribution in [2.45, 2.75) is 38.5 Å². The van der Waals surface area contributed by atoms with Crippen molar-refractivity contribution < 1.29 is 9.53 Å². The Balaban J connectivity index is 1.52. The lowest BCUT2D eigenvalue weighted by atomic mass is 9.83. The van der Waals surface area contributed by atoms with E-state index >= 15 is 0 Å². The Bertz CT molecular complexity index is 860. The number of piperidine rings is 2. The average molecular weight is 396 g/mol. The number of amides is 1. The standard InChI is InChI=1S/C24H33N3O2/c1-17-13-19(20-6-7-22(29-3)24-21(20)5-4-10-25-24)16-27(15-17)23(28)14-18-8-11-26(2)12-9-18/h4-7,10,17-19H,8-9,11-16H2,1-3H3. The number of pyridine rings is 1. The van der Waals surface area contributed by atoms with E-state index in [4.69, 9.17) is 4.74 Å². The molecule has 156 valence electrons. The van der Waals surface area contributed by atoms with Gasteiger partial charge in [-0.3, -0.25) is 9.78 Å². The van der Waals surface area contributed by atoms with Crippen LogP contribution in [0.15, 0.2) is 30.5 Å². The van der Waals surface area contributed by atoms with Crippen LogP contribution in [0.1, 0.15) is 44.1 Å². The molecule has 5 heteroatoms. The van der Waals surface area contributed by atoms with Crippen molar-refractivity contribution in [2.24, 2.45) is 11.8 Å². The largest absolute Gasteiger partial charge is 0.494 e. The molecule has 2 aliphatic rings. The predicted molar refractivity (Wildman–Crippen MR) is 116 cm³/mol. The van der Waals surface area contributed by atoms with Gasteiger partial charge in [0.25, 0.3) is 0 Å². The van der Waals surface area contributed by atoms with Crippen LogP contribution in [-0.2, 0) is 4.79 Å². The summed E-state index contributed by atoms with van der Waals surface area (Å²) in [5, 5.41) is 1.15. The molecule has 0 radical (unpaired) electrons. The van der Waals surface area contributed by atoms with E-state index in [9.17, 15) is 4.79 Å². The normalized spacial score (nSPS) is 24.0. The highest BCUT2D eigenvalue weighted by atomic mass is 16.5. The smallest absolute Gasteiger partial charge is 0.222 e. The molecule has 1 aromatic carbocycles. The number of fused-ring (bicyclic) bond motifs is 1. The van der Waals surface area contributed by atoms with Crippen molar-refractivity contribution in [1.29, 1.82) is 0 Å². The lowest BCUT2D eigenvalue weighted by molar-refractivity contribution is -0.134. The van der Waals surface area contributed by atoms with Gasteiger partial charge in [0.1, 0.15) is 11.3 Å². The topological polar surface area (TPSA) is 45.7 Å². The third kappa shape index (κ3) is 4.40. The molecule has 5 nitrogen and oxygen atoms in total. The van der Waals surface area contributed by atoms with Gasteiger partial charge >= 0.3 is 0 Å². The van der Waals surface area contributed by atoms with Gasteiger partial charge in [-0.15, -0.1) is 0 Å². The van der Waals surface area contributed by atoms with E-state index in [-0.39, 0.29) is 0 Å². The Hall–Kier alpha value is -2.14. The van der Waals surface area contributed by atoms with E-state index in [1.165, 1.54) is 5.56 Å². The summed E-state index contributed by atoms with van der Waals surface area (Å²) >= 11 is 0. The summed E-state index contributed by atoms with van der Waals surface area (Å²) in [6, 6.07) is 8.31. The zero-order chi connectivity index (χ0) is 20.4. The second-order valence-corrected chi connectivity index (χ2v) is 9.04. The number of rotatable bonds is 4. The molecule has 29 heavy (non-hydrogen) atoms. The molecular formula is C24H33N3O2. The van der Waals surface area contributed by atoms with Crippen LogP contribution in [0, 0.1) is 11.8 Å². The number of aromatic nitrogens is 1. The van der Waals surface area contributed by atoms with Crippen LogP contribution in [0.5, 0.6) is 5.75 Å². The van der Waals surface area contributed by atoms with Crippen LogP contribution < -0.4 is 4.74 Å². The Morgan fingerprint density at radius 1 is 1.21 bits per heavy atom. The third-order valence-electron chi connectivity index (χ3n) is 6.74. The average Bonchev–Trinajstić information content (AvgIpc) is 2.74. The maximum atomic E-state index is 13.1. The van der Waals surface area contributed by atoms with Crippen LogP contribution in [0.25, 0.3) is 10.9 Å². The van der Waals surface area contributed by atoms with Gasteiger partial charge in [-0.2, -0.15) is 0 Å². The van der Waals surface area contributed by atoms with Gasteiger partial charge in [0, 0.05) is 37.0 Å². The van der Waals surface area contributed by atoms with E-state index in [2.05, 4.69) is 40.9 Å². The molecule has 3 heterocycles. The van der Waals surface area contributed by atoms with E-state index in [1.807, 2.05) is 18.3 Å². The first-order valence-electron chi connectivity index (χ1n) is 10.9. The molecule has 2 aliphatic heterocycles. The van der Waals surface area contributed by atoms with Crippen molar-refractivity contribution in [1.82, 2.24) is 14.8 Å². The SMILES string of the molecule is COc1ccc(C2CC(C)CN(C(=O)CC3CCN(C)CC3)C2)c2cccnc12. The highest BCUT2D eigenvalue weighted by Gasteiger charge is 2.31. The summed E-state index contributed by atoms with van der Waals surface area (Å²) in [6.07, 6.45) is 5.91. The molecule has 0 aliphatic carbocycles. The van der Waals surface area contributed by atoms with Gasteiger partial charge in [0.15, 0.2) is 0 Å². The zero-order valence-electron chi connectivity index (χ0n) is 17.9. The van der Waals surface area contributed by atoms with Crippen LogP contribution in [-0.4, -0.2) is 61.0 Å². The molecule has 4 rings (SSSR count). The van der Waals surface area contributed by atoms with Crippen molar-refractivity contribution in [3.05, 3.63) is 36.0 Å². The highest BCUT2D eigenvalue weighted by Crippen LogP contribution is 2.37. The van der Waals surface area contributed by atoms with Gasteiger partial charge in [0.2, 0.25) is 5.91 Å². The molecule has 2 unspecified atom stereocenters. The maximum absolute atomic E-state index is 13.1. The lowest BCUT2D eigenvalue weighted by Crippen LogP contribution is -2.43. The van der Waals surface area contributed by atoms with Crippen molar-refractivity contribution in [2.75, 3.05) is 40.3 Å². The number of nitrogens with zero attached hydrogens (tertiary/aromatic N) is 3. The predicted octanol–water partition coefficient (Wildman–Crippen LogP) is 3.93. The zero-order valence-corrected chi connectivity index (χ0v) is 17.9. The van der Waals surface area contributed by atoms with Gasteiger partial charge in [-0.05, 0) is 68.9 Å². The number of likely N-dealkylation sites (tertiary alicyclic amines) is 2. The highest BCUT2D eigenvalue weighted by molar-refractivity contribution is 5.88. The Morgan fingerprint density at radius 2 is 2.00 bits per heavy atom. The number of hydrogen-bond donors (Lipinski definition) is 0. The fourth-order valence-corrected chi connectivity index (χ4v) is 5.11. The quantitative estimate of drug-likeness (QED) is 0.787. The summed E-state index contributed by atoms with van der Waals surface area (Å²) in [5.41, 5.74) is 2.20. The lowest BCUT2D eigenvalue weighted by Gasteiger charge is -2.38. The van der Waals surface area contributed by atoms with Gasteiger partial charge in [0.05, 0.1) is 7.11 Å². The first-order valence-corrected chi connectivity index (χ1v) is 10.9. The van der Waals surface area contributed by atoms with Crippen molar-refractivity contribution in [3.8, 4) is 5.75 Å². The summed E-state index contributed by atoms with van der Waals surface area (Å²) in [4.78, 5) is 22.2. The molecule has 2 saturated heterocycles. The molecule has 2 aromatic rings. The van der Waals surface area contributed by atoms with Crippen LogP contribution in [0.2, 0.25) is 0 Å². The molecule has 0 N–H and O–H groups in total. The van der Waals surface area contributed by atoms with Crippen LogP contribution in [0.4, 0.5) is 0 Å². The molecule has 1 amide bonds. The second kappa shape index (κ2) is 8.70. The first-order chi connectivity index (χ1) is 14.0. The summed E-state index contributed by atoms with van der Waals surface area (Å²) < 4.78 is 5.51. The number of benzene rings is 1. The van der Waals surface area contributed by atoms with Crippen molar-refractivity contribution >= 4 is 16.8 Å². The Labute approximate surface area is 174 Å². The second-order valence-electron chi connectivity index (χ2n) is 9.04. The van der Waals surface area contributed by atoms with Gasteiger partial charge in [-0.25, -0.2) is 0 Å². The molecule has 0 saturated carbocycles. The molecule has 0 spiro atoms. The van der Waals surface area contributed by atoms with E-state index in [1.54, 1.807) is 7.11 Å². The number of methoxy groups -OCH3 is 1. The van der Waals surface area contributed by atoms with Gasteiger partial charge < -0.3 is 14.5 Å². The number of ether oxygens (including phenoxy) is 1. The first kappa shape index (κ1) is 20.1. The van der Waals surface area contributed by atoms with E-state index in [0.29, 0.717) is 30.1 Å². The minimum Gasteiger partial charge on any atom is -0.494 e.